The maximum absolute atomic E-state index is 12.0. The Kier molecular flexibility index (Phi) is 3.63. The van der Waals surface area contributed by atoms with E-state index >= 15 is 0 Å². The Hall–Kier alpha value is -2.50. The Morgan fingerprint density at radius 1 is 1.10 bits per heavy atom. The van der Waals surface area contributed by atoms with Crippen LogP contribution in [-0.2, 0) is 9.59 Å². The molecule has 6 nitrogen and oxygen atoms in total. The third-order valence-corrected chi connectivity index (χ3v) is 3.14. The largest absolute Gasteiger partial charge is 0.478 e. The highest BCUT2D eigenvalue weighted by molar-refractivity contribution is 6.08. The first kappa shape index (κ1) is 14.9. The van der Waals surface area contributed by atoms with Crippen LogP contribution in [0.1, 0.15) is 27.7 Å². The third kappa shape index (κ3) is 3.16. The van der Waals surface area contributed by atoms with Gasteiger partial charge in [-0.1, -0.05) is 0 Å². The molecule has 0 spiro atoms. The average Bonchev–Trinajstić information content (AvgIpc) is 2.69. The second kappa shape index (κ2) is 5.12. The van der Waals surface area contributed by atoms with E-state index in [2.05, 4.69) is 5.32 Å². The van der Waals surface area contributed by atoms with Crippen molar-refractivity contribution in [2.24, 2.45) is 0 Å². The lowest BCUT2D eigenvalue weighted by Gasteiger charge is -2.16. The minimum Gasteiger partial charge on any atom is -0.478 e. The summed E-state index contributed by atoms with van der Waals surface area (Å²) in [5, 5.41) is 11.5. The van der Waals surface area contributed by atoms with Crippen molar-refractivity contribution < 1.29 is 24.2 Å². The summed E-state index contributed by atoms with van der Waals surface area (Å²) in [7, 11) is 0. The first-order chi connectivity index (χ1) is 9.69. The predicted octanol–water partition coefficient (Wildman–Crippen LogP) is 2.55. The van der Waals surface area contributed by atoms with Gasteiger partial charge in [0, 0.05) is 36.7 Å². The van der Waals surface area contributed by atoms with Gasteiger partial charge in [-0.15, -0.1) is 0 Å². The van der Waals surface area contributed by atoms with Gasteiger partial charge in [0.25, 0.3) is 5.91 Å². The lowest BCUT2D eigenvalue weighted by atomic mass is 10.1. The zero-order valence-corrected chi connectivity index (χ0v) is 12.3. The molecule has 0 bridgehead atoms. The number of aliphatic carboxylic acids is 1. The Morgan fingerprint density at radius 3 is 2.33 bits per heavy atom. The Balaban J connectivity index is 2.18. The molecule has 1 heterocycles. The van der Waals surface area contributed by atoms with Crippen molar-refractivity contribution >= 4 is 17.6 Å². The molecule has 0 fully saturated rings. The quantitative estimate of drug-likeness (QED) is 0.836. The molecule has 0 radical (unpaired) electrons. The van der Waals surface area contributed by atoms with Gasteiger partial charge in [-0.25, -0.2) is 4.79 Å². The van der Waals surface area contributed by atoms with Crippen LogP contribution in [-0.4, -0.2) is 22.8 Å². The molecular weight excluding hydrogens is 274 g/mol. The van der Waals surface area contributed by atoms with Gasteiger partial charge in [0.15, 0.2) is 11.5 Å². The van der Waals surface area contributed by atoms with E-state index in [1.54, 1.807) is 32.0 Å². The number of fused-ring (bicyclic) bond motifs is 1. The predicted molar refractivity (Wildman–Crippen MR) is 76.4 cm³/mol. The molecule has 0 unspecified atom stereocenters. The van der Waals surface area contributed by atoms with E-state index in [1.807, 2.05) is 0 Å². The van der Waals surface area contributed by atoms with Crippen LogP contribution in [0.25, 0.3) is 0 Å². The number of nitrogens with one attached hydrogen (secondary N) is 1. The monoisotopic (exact) mass is 291 g/mol. The van der Waals surface area contributed by atoms with Gasteiger partial charge in [0.1, 0.15) is 0 Å². The minimum absolute atomic E-state index is 0.00868. The number of ether oxygens (including phenoxy) is 2. The standard InChI is InChI=1S/C15H17NO5/c1-8(9(2)14(18)19)13(17)16-10-5-6-11-12(7-10)21-15(3,4)20-11/h5-7H,1-4H3,(H,16,17)(H,18,19). The number of rotatable bonds is 3. The molecule has 2 N–H and O–H groups in total. The lowest BCUT2D eigenvalue weighted by Crippen LogP contribution is -2.29. The van der Waals surface area contributed by atoms with Gasteiger partial charge in [-0.05, 0) is 26.0 Å². The SMILES string of the molecule is CC(C(=O)O)=C(C)C(=O)Nc1ccc2c(c1)OC(C)(C)O2. The zero-order valence-electron chi connectivity index (χ0n) is 12.3. The van der Waals surface area contributed by atoms with Crippen LogP contribution in [0, 0.1) is 0 Å². The number of anilines is 1. The van der Waals surface area contributed by atoms with Crippen LogP contribution in [0.15, 0.2) is 29.3 Å². The van der Waals surface area contributed by atoms with Crippen molar-refractivity contribution in [1.29, 1.82) is 0 Å². The summed E-state index contributed by atoms with van der Waals surface area (Å²) >= 11 is 0. The van der Waals surface area contributed by atoms with Crippen molar-refractivity contribution in [2.45, 2.75) is 33.5 Å². The molecule has 112 valence electrons. The topological polar surface area (TPSA) is 84.9 Å². The number of hydrogen-bond acceptors (Lipinski definition) is 4. The van der Waals surface area contributed by atoms with Crippen molar-refractivity contribution in [2.75, 3.05) is 5.32 Å². The van der Waals surface area contributed by atoms with Gasteiger partial charge in [-0.2, -0.15) is 0 Å². The van der Waals surface area contributed by atoms with Gasteiger partial charge < -0.3 is 19.9 Å². The molecular formula is C15H17NO5. The average molecular weight is 291 g/mol. The fourth-order valence-corrected chi connectivity index (χ4v) is 1.86. The summed E-state index contributed by atoms with van der Waals surface area (Å²) in [4.78, 5) is 22.8. The number of carboxylic acid groups (broad SMARTS) is 1. The third-order valence-electron chi connectivity index (χ3n) is 3.14. The number of hydrogen-bond donors (Lipinski definition) is 2. The molecule has 1 aromatic carbocycles. The highest BCUT2D eigenvalue weighted by atomic mass is 16.7. The van der Waals surface area contributed by atoms with Crippen molar-refractivity contribution in [3.63, 3.8) is 0 Å². The van der Waals surface area contributed by atoms with Gasteiger partial charge in [0.05, 0.1) is 0 Å². The maximum atomic E-state index is 12.0. The van der Waals surface area contributed by atoms with Crippen molar-refractivity contribution in [3.05, 3.63) is 29.3 Å². The van der Waals surface area contributed by atoms with Crippen molar-refractivity contribution in [1.82, 2.24) is 0 Å². The van der Waals surface area contributed by atoms with E-state index in [0.717, 1.165) is 0 Å². The van der Waals surface area contributed by atoms with E-state index in [0.29, 0.717) is 17.2 Å². The molecule has 1 aromatic rings. The summed E-state index contributed by atoms with van der Waals surface area (Å²) < 4.78 is 11.1. The fourth-order valence-electron chi connectivity index (χ4n) is 1.86. The minimum atomic E-state index is -1.12. The van der Waals surface area contributed by atoms with Crippen LogP contribution in [0.2, 0.25) is 0 Å². The summed E-state index contributed by atoms with van der Waals surface area (Å²) in [5.41, 5.74) is 0.674. The van der Waals surface area contributed by atoms with Gasteiger partial charge >= 0.3 is 5.97 Å². The van der Waals surface area contributed by atoms with E-state index in [-0.39, 0.29) is 11.1 Å². The lowest BCUT2D eigenvalue weighted by molar-refractivity contribution is -0.133. The van der Waals surface area contributed by atoms with E-state index < -0.39 is 17.7 Å². The number of carbonyl (C=O) groups is 2. The van der Waals surface area contributed by atoms with Gasteiger partial charge in [-0.3, -0.25) is 4.79 Å². The van der Waals surface area contributed by atoms with Crippen LogP contribution in [0.4, 0.5) is 5.69 Å². The Bertz CT molecular complexity index is 645. The number of carboxylic acids is 1. The Labute approximate surface area is 122 Å². The first-order valence-electron chi connectivity index (χ1n) is 6.44. The molecule has 21 heavy (non-hydrogen) atoms. The van der Waals surface area contributed by atoms with Crippen LogP contribution >= 0.6 is 0 Å². The molecule has 0 saturated heterocycles. The normalized spacial score (nSPS) is 16.2. The summed E-state index contributed by atoms with van der Waals surface area (Å²) in [5.74, 6) is -1.18. The highest BCUT2D eigenvalue weighted by Crippen LogP contribution is 2.40. The Morgan fingerprint density at radius 2 is 1.71 bits per heavy atom. The van der Waals surface area contributed by atoms with Crippen LogP contribution in [0.3, 0.4) is 0 Å². The smallest absolute Gasteiger partial charge is 0.331 e. The molecule has 2 rings (SSSR count). The van der Waals surface area contributed by atoms with E-state index in [1.165, 1.54) is 13.8 Å². The van der Waals surface area contributed by atoms with Crippen molar-refractivity contribution in [3.8, 4) is 11.5 Å². The summed E-state index contributed by atoms with van der Waals surface area (Å²) in [6, 6.07) is 5.01. The highest BCUT2D eigenvalue weighted by Gasteiger charge is 2.31. The van der Waals surface area contributed by atoms with E-state index in [4.69, 9.17) is 14.6 Å². The second-order valence-electron chi connectivity index (χ2n) is 5.27. The molecule has 0 saturated carbocycles. The summed E-state index contributed by atoms with van der Waals surface area (Å²) in [6.45, 7) is 6.43. The molecule has 0 aliphatic carbocycles. The number of amides is 1. The molecule has 0 atom stereocenters. The van der Waals surface area contributed by atoms with Crippen LogP contribution in [0.5, 0.6) is 11.5 Å². The number of benzene rings is 1. The summed E-state index contributed by atoms with van der Waals surface area (Å²) in [6.07, 6.45) is 0. The molecule has 0 aromatic heterocycles. The van der Waals surface area contributed by atoms with Crippen LogP contribution < -0.4 is 14.8 Å². The molecule has 1 aliphatic heterocycles. The number of carbonyl (C=O) groups excluding carboxylic acids is 1. The van der Waals surface area contributed by atoms with E-state index in [9.17, 15) is 9.59 Å². The zero-order chi connectivity index (χ0) is 15.8. The second-order valence-corrected chi connectivity index (χ2v) is 5.27. The molecule has 6 heteroatoms. The maximum Gasteiger partial charge on any atom is 0.331 e. The molecule has 1 amide bonds. The fraction of sp³-hybridized carbons (Fsp3) is 0.333. The van der Waals surface area contributed by atoms with Gasteiger partial charge in [0.2, 0.25) is 5.79 Å². The first-order valence-corrected chi connectivity index (χ1v) is 6.44. The molecule has 1 aliphatic rings.